The number of halogens is 1. The van der Waals surface area contributed by atoms with E-state index in [0.29, 0.717) is 17.9 Å². The Morgan fingerprint density at radius 3 is 2.59 bits per heavy atom. The van der Waals surface area contributed by atoms with Gasteiger partial charge in [-0.3, -0.25) is 19.6 Å². The molecule has 0 aliphatic carbocycles. The highest BCUT2D eigenvalue weighted by atomic mass is 79.9. The van der Waals surface area contributed by atoms with Gasteiger partial charge in [-0.15, -0.1) is 0 Å². The summed E-state index contributed by atoms with van der Waals surface area (Å²) in [6.45, 7) is 4.50. The number of benzene rings is 2. The molecule has 0 aliphatic rings. The SMILES string of the molecule is COc1cc(/C=N\NC(=O)Cc2ccc([N+](=O)[O-])cc2)ccc1Cn1nc(C)c(Br)c1C. The number of aryl methyl sites for hydroxylation is 1. The molecule has 0 saturated carbocycles. The van der Waals surface area contributed by atoms with E-state index in [-0.39, 0.29) is 18.0 Å². The normalized spacial score (nSPS) is 11.0. The molecule has 32 heavy (non-hydrogen) atoms. The highest BCUT2D eigenvalue weighted by Crippen LogP contribution is 2.24. The molecule has 0 spiro atoms. The van der Waals surface area contributed by atoms with Crippen molar-refractivity contribution in [2.45, 2.75) is 26.8 Å². The minimum absolute atomic E-state index is 0.0185. The fraction of sp³-hybridized carbons (Fsp3) is 0.227. The van der Waals surface area contributed by atoms with Crippen LogP contribution in [0.5, 0.6) is 5.75 Å². The van der Waals surface area contributed by atoms with Crippen molar-refractivity contribution in [3.63, 3.8) is 0 Å². The van der Waals surface area contributed by atoms with Crippen molar-refractivity contribution in [1.29, 1.82) is 0 Å². The van der Waals surface area contributed by atoms with Gasteiger partial charge in [0.05, 0.1) is 47.1 Å². The van der Waals surface area contributed by atoms with Crippen LogP contribution < -0.4 is 10.2 Å². The van der Waals surface area contributed by atoms with E-state index >= 15 is 0 Å². The average molecular weight is 500 g/mol. The zero-order valence-corrected chi connectivity index (χ0v) is 19.4. The van der Waals surface area contributed by atoms with Gasteiger partial charge in [-0.2, -0.15) is 10.2 Å². The third-order valence-corrected chi connectivity index (χ3v) is 5.99. The molecule has 1 N–H and O–H groups in total. The van der Waals surface area contributed by atoms with E-state index in [9.17, 15) is 14.9 Å². The molecule has 9 nitrogen and oxygen atoms in total. The van der Waals surface area contributed by atoms with Crippen molar-refractivity contribution < 1.29 is 14.5 Å². The lowest BCUT2D eigenvalue weighted by Crippen LogP contribution is -2.19. The second-order valence-electron chi connectivity index (χ2n) is 7.11. The van der Waals surface area contributed by atoms with E-state index in [1.165, 1.54) is 18.3 Å². The first kappa shape index (κ1) is 23.1. The second kappa shape index (κ2) is 10.2. The molecule has 1 aromatic heterocycles. The predicted octanol–water partition coefficient (Wildman–Crippen LogP) is 3.92. The van der Waals surface area contributed by atoms with Crippen LogP contribution in [0.3, 0.4) is 0 Å². The Hall–Kier alpha value is -3.53. The molecule has 0 bridgehead atoms. The number of methoxy groups -OCH3 is 1. The maximum Gasteiger partial charge on any atom is 0.269 e. The quantitative estimate of drug-likeness (QED) is 0.286. The van der Waals surface area contributed by atoms with Gasteiger partial charge in [0, 0.05) is 17.7 Å². The van der Waals surface area contributed by atoms with Crippen molar-refractivity contribution in [2.24, 2.45) is 5.10 Å². The lowest BCUT2D eigenvalue weighted by Gasteiger charge is -2.11. The summed E-state index contributed by atoms with van der Waals surface area (Å²) in [5.41, 5.74) is 6.78. The fourth-order valence-corrected chi connectivity index (χ4v) is 3.39. The first-order valence-electron chi connectivity index (χ1n) is 9.70. The number of carbonyl (C=O) groups excluding carboxylic acids is 1. The number of nitrogens with zero attached hydrogens (tertiary/aromatic N) is 4. The highest BCUT2D eigenvalue weighted by Gasteiger charge is 2.12. The lowest BCUT2D eigenvalue weighted by atomic mass is 10.1. The Kier molecular flexibility index (Phi) is 7.37. The van der Waals surface area contributed by atoms with Crippen molar-refractivity contribution in [3.8, 4) is 5.75 Å². The van der Waals surface area contributed by atoms with E-state index in [4.69, 9.17) is 4.74 Å². The smallest absolute Gasteiger partial charge is 0.269 e. The second-order valence-corrected chi connectivity index (χ2v) is 7.90. The van der Waals surface area contributed by atoms with Crippen LogP contribution in [-0.2, 0) is 17.8 Å². The standard InChI is InChI=1S/C22H22BrN5O4/c1-14-22(23)15(2)27(26-14)13-18-7-4-17(10-20(18)32-3)12-24-25-21(29)11-16-5-8-19(9-6-16)28(30)31/h4-10,12H,11,13H2,1-3H3,(H,25,29)/b24-12-. The summed E-state index contributed by atoms with van der Waals surface area (Å²) in [7, 11) is 1.60. The van der Waals surface area contributed by atoms with Crippen molar-refractivity contribution in [1.82, 2.24) is 15.2 Å². The van der Waals surface area contributed by atoms with Gasteiger partial charge in [-0.05, 0) is 47.0 Å². The van der Waals surface area contributed by atoms with Crippen molar-refractivity contribution >= 4 is 33.7 Å². The van der Waals surface area contributed by atoms with E-state index in [1.807, 2.05) is 36.7 Å². The van der Waals surface area contributed by atoms with Crippen molar-refractivity contribution in [2.75, 3.05) is 7.11 Å². The van der Waals surface area contributed by atoms with Crippen LogP contribution in [0.15, 0.2) is 52.0 Å². The first-order chi connectivity index (χ1) is 15.3. The monoisotopic (exact) mass is 499 g/mol. The van der Waals surface area contributed by atoms with Crippen molar-refractivity contribution in [3.05, 3.63) is 85.1 Å². The minimum Gasteiger partial charge on any atom is -0.496 e. The van der Waals surface area contributed by atoms with Gasteiger partial charge >= 0.3 is 0 Å². The molecular weight excluding hydrogens is 478 g/mol. The van der Waals surface area contributed by atoms with Gasteiger partial charge in [0.15, 0.2) is 0 Å². The molecule has 0 aliphatic heterocycles. The number of hydrazone groups is 1. The number of nitro groups is 1. The summed E-state index contributed by atoms with van der Waals surface area (Å²) in [5.74, 6) is 0.364. The summed E-state index contributed by atoms with van der Waals surface area (Å²) in [6, 6.07) is 11.5. The number of carbonyl (C=O) groups is 1. The molecule has 0 radical (unpaired) electrons. The number of rotatable bonds is 8. The highest BCUT2D eigenvalue weighted by molar-refractivity contribution is 9.10. The maximum atomic E-state index is 12.1. The van der Waals surface area contributed by atoms with Gasteiger partial charge in [0.1, 0.15) is 5.75 Å². The third kappa shape index (κ3) is 5.58. The maximum absolute atomic E-state index is 12.1. The first-order valence-corrected chi connectivity index (χ1v) is 10.5. The van der Waals surface area contributed by atoms with E-state index in [2.05, 4.69) is 31.6 Å². The number of aromatic nitrogens is 2. The number of nitrogens with one attached hydrogen (secondary N) is 1. The topological polar surface area (TPSA) is 112 Å². The molecule has 10 heteroatoms. The molecule has 3 aromatic rings. The molecular formula is C22H22BrN5O4. The summed E-state index contributed by atoms with van der Waals surface area (Å²) in [5, 5.41) is 19.2. The van der Waals surface area contributed by atoms with Crippen LogP contribution in [-0.4, -0.2) is 33.9 Å². The summed E-state index contributed by atoms with van der Waals surface area (Å²) in [4.78, 5) is 22.3. The lowest BCUT2D eigenvalue weighted by molar-refractivity contribution is -0.384. The van der Waals surface area contributed by atoms with Crippen LogP contribution in [0.2, 0.25) is 0 Å². The van der Waals surface area contributed by atoms with Gasteiger partial charge in [-0.1, -0.05) is 24.3 Å². The number of hydrogen-bond donors (Lipinski definition) is 1. The number of non-ortho nitro benzene ring substituents is 1. The Morgan fingerprint density at radius 2 is 2.00 bits per heavy atom. The van der Waals surface area contributed by atoms with E-state index in [0.717, 1.165) is 27.0 Å². The molecule has 0 saturated heterocycles. The Bertz CT molecular complexity index is 1170. The molecule has 3 rings (SSSR count). The van der Waals surface area contributed by atoms with Crippen LogP contribution >= 0.6 is 15.9 Å². The minimum atomic E-state index is -0.482. The number of amides is 1. The largest absolute Gasteiger partial charge is 0.496 e. The average Bonchev–Trinajstić information content (AvgIpc) is 3.01. The molecule has 0 atom stereocenters. The van der Waals surface area contributed by atoms with E-state index < -0.39 is 4.92 Å². The van der Waals surface area contributed by atoms with Crippen LogP contribution in [0.4, 0.5) is 5.69 Å². The van der Waals surface area contributed by atoms with Crippen LogP contribution in [0.25, 0.3) is 0 Å². The molecule has 0 unspecified atom stereocenters. The number of nitro benzene ring substituents is 1. The predicted molar refractivity (Wildman–Crippen MR) is 124 cm³/mol. The Labute approximate surface area is 193 Å². The van der Waals surface area contributed by atoms with Crippen LogP contribution in [0, 0.1) is 24.0 Å². The van der Waals surface area contributed by atoms with Gasteiger partial charge in [-0.25, -0.2) is 5.43 Å². The van der Waals surface area contributed by atoms with Gasteiger partial charge in [0.2, 0.25) is 5.91 Å². The number of ether oxygens (including phenoxy) is 1. The Balaban J connectivity index is 1.62. The molecule has 166 valence electrons. The zero-order chi connectivity index (χ0) is 23.3. The fourth-order valence-electron chi connectivity index (χ4n) is 3.10. The molecule has 0 fully saturated rings. The zero-order valence-electron chi connectivity index (χ0n) is 17.8. The molecule has 1 amide bonds. The summed E-state index contributed by atoms with van der Waals surface area (Å²) < 4.78 is 8.41. The van der Waals surface area contributed by atoms with Gasteiger partial charge < -0.3 is 4.74 Å². The van der Waals surface area contributed by atoms with Gasteiger partial charge in [0.25, 0.3) is 5.69 Å². The van der Waals surface area contributed by atoms with Crippen LogP contribution in [0.1, 0.15) is 28.1 Å². The van der Waals surface area contributed by atoms with E-state index in [1.54, 1.807) is 19.2 Å². The summed E-state index contributed by atoms with van der Waals surface area (Å²) in [6.07, 6.45) is 1.59. The summed E-state index contributed by atoms with van der Waals surface area (Å²) >= 11 is 3.54. The molecule has 2 aromatic carbocycles. The number of hydrogen-bond acceptors (Lipinski definition) is 6. The Morgan fingerprint density at radius 1 is 1.28 bits per heavy atom. The third-order valence-electron chi connectivity index (χ3n) is 4.84. The molecule has 1 heterocycles.